The second-order valence-electron chi connectivity index (χ2n) is 4.67. The van der Waals surface area contributed by atoms with Crippen LogP contribution in [0.2, 0.25) is 5.15 Å². The molecule has 0 fully saturated rings. The minimum Gasteiger partial charge on any atom is -0.479 e. The topological polar surface area (TPSA) is 48.4 Å². The first-order valence-electron chi connectivity index (χ1n) is 6.55. The molecular weight excluding hydrogens is 290 g/mol. The summed E-state index contributed by atoms with van der Waals surface area (Å²) in [6.07, 6.45) is 0.897. The van der Waals surface area contributed by atoms with E-state index in [-0.39, 0.29) is 6.61 Å². The Morgan fingerprint density at radius 2 is 1.95 bits per heavy atom. The Morgan fingerprint density at radius 1 is 1.24 bits per heavy atom. The SMILES string of the molecule is Cc1ccc(OC(C)C(=O)OCc2ccc(Cl)nc2)cc1. The standard InChI is InChI=1S/C16H16ClNO3/c1-11-3-6-14(7-4-11)21-12(2)16(19)20-10-13-5-8-15(17)18-9-13/h3-9,12H,10H2,1-2H3. The Morgan fingerprint density at radius 3 is 2.57 bits per heavy atom. The van der Waals surface area contributed by atoms with Crippen molar-refractivity contribution in [1.29, 1.82) is 0 Å². The van der Waals surface area contributed by atoms with E-state index in [1.54, 1.807) is 25.3 Å². The molecule has 0 aliphatic heterocycles. The third-order valence-corrected chi connectivity index (χ3v) is 3.06. The van der Waals surface area contributed by atoms with Crippen LogP contribution < -0.4 is 4.74 Å². The maximum absolute atomic E-state index is 11.9. The fourth-order valence-corrected chi connectivity index (χ4v) is 1.74. The van der Waals surface area contributed by atoms with Crippen molar-refractivity contribution in [2.24, 2.45) is 0 Å². The van der Waals surface area contributed by atoms with Gasteiger partial charge in [-0.2, -0.15) is 0 Å². The van der Waals surface area contributed by atoms with Gasteiger partial charge in [-0.15, -0.1) is 0 Å². The summed E-state index contributed by atoms with van der Waals surface area (Å²) in [7, 11) is 0. The van der Waals surface area contributed by atoms with Crippen LogP contribution in [0.15, 0.2) is 42.6 Å². The Bertz CT molecular complexity index is 596. The lowest BCUT2D eigenvalue weighted by molar-refractivity contribution is -0.152. The molecule has 0 bridgehead atoms. The van der Waals surface area contributed by atoms with E-state index in [0.717, 1.165) is 11.1 Å². The fourth-order valence-electron chi connectivity index (χ4n) is 1.63. The molecule has 1 heterocycles. The second-order valence-corrected chi connectivity index (χ2v) is 5.06. The molecule has 4 nitrogen and oxygen atoms in total. The van der Waals surface area contributed by atoms with Crippen LogP contribution in [-0.2, 0) is 16.1 Å². The summed E-state index contributed by atoms with van der Waals surface area (Å²) in [4.78, 5) is 15.8. The minimum absolute atomic E-state index is 0.143. The summed E-state index contributed by atoms with van der Waals surface area (Å²) < 4.78 is 10.7. The Hall–Kier alpha value is -2.07. The van der Waals surface area contributed by atoms with Crippen molar-refractivity contribution in [3.63, 3.8) is 0 Å². The second kappa shape index (κ2) is 7.09. The fraction of sp³-hybridized carbons (Fsp3) is 0.250. The number of esters is 1. The van der Waals surface area contributed by atoms with Crippen molar-refractivity contribution in [3.8, 4) is 5.75 Å². The first kappa shape index (κ1) is 15.3. The molecule has 110 valence electrons. The predicted molar refractivity (Wildman–Crippen MR) is 80.3 cm³/mol. The number of halogens is 1. The van der Waals surface area contributed by atoms with E-state index < -0.39 is 12.1 Å². The van der Waals surface area contributed by atoms with E-state index in [2.05, 4.69) is 4.98 Å². The molecule has 0 spiro atoms. The van der Waals surface area contributed by atoms with Crippen LogP contribution in [0.5, 0.6) is 5.75 Å². The van der Waals surface area contributed by atoms with Crippen molar-refractivity contribution in [1.82, 2.24) is 4.98 Å². The molecule has 21 heavy (non-hydrogen) atoms. The van der Waals surface area contributed by atoms with Gasteiger partial charge in [0.15, 0.2) is 6.10 Å². The number of hydrogen-bond donors (Lipinski definition) is 0. The van der Waals surface area contributed by atoms with Gasteiger partial charge >= 0.3 is 5.97 Å². The monoisotopic (exact) mass is 305 g/mol. The van der Waals surface area contributed by atoms with Gasteiger partial charge in [0, 0.05) is 11.8 Å². The van der Waals surface area contributed by atoms with E-state index >= 15 is 0 Å². The molecule has 2 rings (SSSR count). The van der Waals surface area contributed by atoms with Crippen molar-refractivity contribution < 1.29 is 14.3 Å². The molecule has 0 aliphatic carbocycles. The van der Waals surface area contributed by atoms with E-state index in [9.17, 15) is 4.79 Å². The van der Waals surface area contributed by atoms with Gasteiger partial charge in [-0.3, -0.25) is 0 Å². The number of benzene rings is 1. The zero-order valence-electron chi connectivity index (χ0n) is 11.9. The molecular formula is C16H16ClNO3. The number of carbonyl (C=O) groups excluding carboxylic acids is 1. The third kappa shape index (κ3) is 4.76. The molecule has 0 saturated carbocycles. The minimum atomic E-state index is -0.673. The Kier molecular flexibility index (Phi) is 5.17. The molecule has 5 heteroatoms. The number of aryl methyl sites for hydroxylation is 1. The van der Waals surface area contributed by atoms with Crippen LogP contribution in [0.25, 0.3) is 0 Å². The summed E-state index contributed by atoms with van der Waals surface area (Å²) in [5, 5.41) is 0.404. The molecule has 1 unspecified atom stereocenters. The normalized spacial score (nSPS) is 11.8. The lowest BCUT2D eigenvalue weighted by atomic mass is 10.2. The van der Waals surface area contributed by atoms with E-state index in [0.29, 0.717) is 10.9 Å². The smallest absolute Gasteiger partial charge is 0.347 e. The molecule has 0 radical (unpaired) electrons. The summed E-state index contributed by atoms with van der Waals surface area (Å²) in [5.41, 5.74) is 1.91. The van der Waals surface area contributed by atoms with Crippen molar-refractivity contribution >= 4 is 17.6 Å². The van der Waals surface area contributed by atoms with Crippen LogP contribution in [-0.4, -0.2) is 17.1 Å². The number of hydrogen-bond acceptors (Lipinski definition) is 4. The van der Waals surface area contributed by atoms with Gasteiger partial charge in [0.2, 0.25) is 0 Å². The lowest BCUT2D eigenvalue weighted by Gasteiger charge is -2.14. The largest absolute Gasteiger partial charge is 0.479 e. The highest BCUT2D eigenvalue weighted by atomic mass is 35.5. The van der Waals surface area contributed by atoms with Crippen LogP contribution >= 0.6 is 11.6 Å². The average molecular weight is 306 g/mol. The van der Waals surface area contributed by atoms with Crippen LogP contribution in [0, 0.1) is 6.92 Å². The number of rotatable bonds is 5. The molecule has 0 aliphatic rings. The maximum Gasteiger partial charge on any atom is 0.347 e. The lowest BCUT2D eigenvalue weighted by Crippen LogP contribution is -2.26. The van der Waals surface area contributed by atoms with Gasteiger partial charge < -0.3 is 9.47 Å². The summed E-state index contributed by atoms with van der Waals surface area (Å²) in [6, 6.07) is 10.9. The zero-order valence-corrected chi connectivity index (χ0v) is 12.6. The highest BCUT2D eigenvalue weighted by Crippen LogP contribution is 2.14. The Labute approximate surface area is 128 Å². The highest BCUT2D eigenvalue weighted by Gasteiger charge is 2.16. The maximum atomic E-state index is 11.9. The average Bonchev–Trinajstić information content (AvgIpc) is 2.48. The Balaban J connectivity index is 1.84. The van der Waals surface area contributed by atoms with Gasteiger partial charge in [0.25, 0.3) is 0 Å². The molecule has 0 N–H and O–H groups in total. The quantitative estimate of drug-likeness (QED) is 0.626. The van der Waals surface area contributed by atoms with E-state index in [1.807, 2.05) is 31.2 Å². The molecule has 1 aromatic carbocycles. The van der Waals surface area contributed by atoms with E-state index in [4.69, 9.17) is 21.1 Å². The number of nitrogens with zero attached hydrogens (tertiary/aromatic N) is 1. The van der Waals surface area contributed by atoms with Gasteiger partial charge in [0.1, 0.15) is 17.5 Å². The number of ether oxygens (including phenoxy) is 2. The van der Waals surface area contributed by atoms with Crippen molar-refractivity contribution in [3.05, 3.63) is 58.9 Å². The van der Waals surface area contributed by atoms with Crippen molar-refractivity contribution in [2.75, 3.05) is 0 Å². The molecule has 2 aromatic rings. The number of aromatic nitrogens is 1. The molecule has 1 aromatic heterocycles. The van der Waals surface area contributed by atoms with E-state index in [1.165, 1.54) is 0 Å². The van der Waals surface area contributed by atoms with Crippen LogP contribution in [0.4, 0.5) is 0 Å². The number of carbonyl (C=O) groups is 1. The first-order chi connectivity index (χ1) is 10.0. The predicted octanol–water partition coefficient (Wildman–Crippen LogP) is 3.55. The van der Waals surface area contributed by atoms with Crippen LogP contribution in [0.3, 0.4) is 0 Å². The molecule has 1 atom stereocenters. The zero-order chi connectivity index (χ0) is 15.2. The molecule has 0 amide bonds. The van der Waals surface area contributed by atoms with Gasteiger partial charge in [-0.05, 0) is 32.0 Å². The summed E-state index contributed by atoms with van der Waals surface area (Å²) >= 11 is 5.69. The highest BCUT2D eigenvalue weighted by molar-refractivity contribution is 6.29. The van der Waals surface area contributed by atoms with Crippen LogP contribution in [0.1, 0.15) is 18.1 Å². The molecule has 0 saturated heterocycles. The van der Waals surface area contributed by atoms with Gasteiger partial charge in [-0.1, -0.05) is 35.4 Å². The third-order valence-electron chi connectivity index (χ3n) is 2.84. The van der Waals surface area contributed by atoms with Crippen molar-refractivity contribution in [2.45, 2.75) is 26.6 Å². The first-order valence-corrected chi connectivity index (χ1v) is 6.93. The van der Waals surface area contributed by atoms with Gasteiger partial charge in [-0.25, -0.2) is 9.78 Å². The number of pyridine rings is 1. The van der Waals surface area contributed by atoms with Gasteiger partial charge in [0.05, 0.1) is 0 Å². The summed E-state index contributed by atoms with van der Waals surface area (Å²) in [6.45, 7) is 3.79. The summed E-state index contributed by atoms with van der Waals surface area (Å²) in [5.74, 6) is 0.212.